The van der Waals surface area contributed by atoms with Gasteiger partial charge < -0.3 is 15.5 Å². The van der Waals surface area contributed by atoms with Gasteiger partial charge in [0, 0.05) is 22.2 Å². The lowest BCUT2D eigenvalue weighted by Crippen LogP contribution is -2.41. The fourth-order valence-electron chi connectivity index (χ4n) is 3.38. The average molecular weight is 478 g/mol. The third-order valence-corrected chi connectivity index (χ3v) is 6.49. The fourth-order valence-corrected chi connectivity index (χ4v) is 5.01. The maximum atomic E-state index is 13.3. The Morgan fingerprint density at radius 3 is 2.55 bits per heavy atom. The molecule has 0 saturated carbocycles. The Balaban J connectivity index is 1.66. The van der Waals surface area contributed by atoms with Gasteiger partial charge in [0.05, 0.1) is 13.2 Å². The van der Waals surface area contributed by atoms with Gasteiger partial charge in [-0.3, -0.25) is 4.79 Å². The number of nitrogens with one attached hydrogen (secondary N) is 2. The van der Waals surface area contributed by atoms with Gasteiger partial charge in [-0.05, 0) is 42.3 Å². The molecule has 10 heteroatoms. The van der Waals surface area contributed by atoms with Gasteiger partial charge in [0.1, 0.15) is 11.0 Å². The van der Waals surface area contributed by atoms with Crippen molar-refractivity contribution in [1.29, 1.82) is 0 Å². The predicted octanol–water partition coefficient (Wildman–Crippen LogP) is 4.94. The molecular formula is C21H21Cl2N5O2S. The average Bonchev–Trinajstić information content (AvgIpc) is 3.14. The number of amides is 1. The molecule has 2 N–H and O–H groups in total. The molecule has 1 aliphatic heterocycles. The van der Waals surface area contributed by atoms with Crippen molar-refractivity contribution in [3.8, 4) is 5.75 Å². The molecule has 1 aromatic heterocycles. The number of carbonyl (C=O) groups is 1. The van der Waals surface area contributed by atoms with E-state index in [2.05, 4.69) is 27.9 Å². The van der Waals surface area contributed by atoms with Crippen molar-refractivity contribution in [2.24, 2.45) is 0 Å². The van der Waals surface area contributed by atoms with Crippen LogP contribution in [0, 0.1) is 0 Å². The molecule has 4 rings (SSSR count). The number of fused-ring (bicyclic) bond motifs is 1. The number of thioether (sulfide) groups is 1. The molecule has 2 atom stereocenters. The lowest BCUT2D eigenvalue weighted by atomic mass is 10.0. The predicted molar refractivity (Wildman–Crippen MR) is 124 cm³/mol. The summed E-state index contributed by atoms with van der Waals surface area (Å²) in [5.41, 5.74) is 4.92. The molecule has 7 nitrogen and oxygen atoms in total. The second kappa shape index (κ2) is 9.38. The highest BCUT2D eigenvalue weighted by Crippen LogP contribution is 2.38. The zero-order chi connectivity index (χ0) is 22.0. The molecule has 2 heterocycles. The number of aryl methyl sites for hydroxylation is 1. The van der Waals surface area contributed by atoms with Crippen molar-refractivity contribution in [2.45, 2.75) is 36.2 Å². The van der Waals surface area contributed by atoms with Crippen molar-refractivity contribution in [1.82, 2.24) is 14.9 Å². The Morgan fingerprint density at radius 1 is 1.19 bits per heavy atom. The summed E-state index contributed by atoms with van der Waals surface area (Å²) < 4.78 is 7.15. The minimum absolute atomic E-state index is 0.192. The van der Waals surface area contributed by atoms with Crippen molar-refractivity contribution in [2.75, 3.05) is 17.9 Å². The van der Waals surface area contributed by atoms with E-state index >= 15 is 0 Å². The number of aromatic nitrogens is 3. The number of nitrogens with zero attached hydrogens (tertiary/aromatic N) is 3. The minimum Gasteiger partial charge on any atom is -0.497 e. The molecule has 0 radical (unpaired) electrons. The van der Waals surface area contributed by atoms with Crippen LogP contribution in [-0.4, -0.2) is 33.1 Å². The summed E-state index contributed by atoms with van der Waals surface area (Å²) in [6.45, 7) is 2.09. The van der Waals surface area contributed by atoms with Gasteiger partial charge in [-0.25, -0.2) is 4.68 Å². The van der Waals surface area contributed by atoms with Crippen LogP contribution in [0.1, 0.15) is 30.8 Å². The molecule has 3 aromatic rings. The van der Waals surface area contributed by atoms with E-state index in [1.54, 1.807) is 25.3 Å². The van der Waals surface area contributed by atoms with Crippen LogP contribution in [0.3, 0.4) is 0 Å². The van der Waals surface area contributed by atoms with E-state index in [0.29, 0.717) is 20.9 Å². The standard InChI is InChI=1S/C21H21Cl2N5O2S/c1-3-4-17-25-26-21-28(17)27-18(12-5-7-16(30-2)8-6-12)19(31-21)20(29)24-15-10-13(22)9-14(23)11-15/h5-11,18-19,27H,3-4H2,1-2H3,(H,24,29)/t18-,19+/m1/s1. The Bertz CT molecular complexity index is 1070. The van der Waals surface area contributed by atoms with Crippen LogP contribution in [0.2, 0.25) is 10.0 Å². The summed E-state index contributed by atoms with van der Waals surface area (Å²) >= 11 is 13.5. The lowest BCUT2D eigenvalue weighted by Gasteiger charge is -2.33. The Kier molecular flexibility index (Phi) is 6.60. The first kappa shape index (κ1) is 21.8. The Hall–Kier alpha value is -2.42. The fraction of sp³-hybridized carbons (Fsp3) is 0.286. The summed E-state index contributed by atoms with van der Waals surface area (Å²) in [7, 11) is 1.62. The molecule has 1 aliphatic rings. The highest BCUT2D eigenvalue weighted by Gasteiger charge is 2.37. The summed E-state index contributed by atoms with van der Waals surface area (Å²) in [4.78, 5) is 13.3. The number of ether oxygens (including phenoxy) is 1. The summed E-state index contributed by atoms with van der Waals surface area (Å²) in [6.07, 6.45) is 1.73. The summed E-state index contributed by atoms with van der Waals surface area (Å²) in [6, 6.07) is 12.3. The van der Waals surface area contributed by atoms with Crippen LogP contribution < -0.4 is 15.5 Å². The topological polar surface area (TPSA) is 81.1 Å². The molecule has 2 aromatic carbocycles. The molecule has 31 heavy (non-hydrogen) atoms. The number of hydrogen-bond acceptors (Lipinski definition) is 6. The molecule has 162 valence electrons. The molecule has 0 aliphatic carbocycles. The smallest absolute Gasteiger partial charge is 0.240 e. The second-order valence-electron chi connectivity index (χ2n) is 7.05. The Labute approximate surface area is 194 Å². The van der Waals surface area contributed by atoms with E-state index in [9.17, 15) is 4.79 Å². The van der Waals surface area contributed by atoms with E-state index in [1.165, 1.54) is 11.8 Å². The quantitative estimate of drug-likeness (QED) is 0.522. The second-order valence-corrected chi connectivity index (χ2v) is 9.03. The normalized spacial score (nSPS) is 17.5. The van der Waals surface area contributed by atoms with Crippen LogP contribution >= 0.6 is 35.0 Å². The van der Waals surface area contributed by atoms with Gasteiger partial charge in [0.25, 0.3) is 0 Å². The number of methoxy groups -OCH3 is 1. The molecule has 0 fully saturated rings. The van der Waals surface area contributed by atoms with E-state index in [-0.39, 0.29) is 11.9 Å². The highest BCUT2D eigenvalue weighted by molar-refractivity contribution is 8.00. The number of halogens is 2. The van der Waals surface area contributed by atoms with Crippen LogP contribution in [-0.2, 0) is 11.2 Å². The lowest BCUT2D eigenvalue weighted by molar-refractivity contribution is -0.116. The van der Waals surface area contributed by atoms with E-state index < -0.39 is 5.25 Å². The van der Waals surface area contributed by atoms with E-state index in [0.717, 1.165) is 30.0 Å². The van der Waals surface area contributed by atoms with Crippen molar-refractivity contribution in [3.05, 3.63) is 63.9 Å². The third-order valence-electron chi connectivity index (χ3n) is 4.84. The van der Waals surface area contributed by atoms with Crippen LogP contribution in [0.5, 0.6) is 5.75 Å². The number of anilines is 1. The van der Waals surface area contributed by atoms with Gasteiger partial charge in [-0.15, -0.1) is 10.2 Å². The van der Waals surface area contributed by atoms with Crippen LogP contribution in [0.25, 0.3) is 0 Å². The van der Waals surface area contributed by atoms with Gasteiger partial charge in [0.15, 0.2) is 5.82 Å². The maximum Gasteiger partial charge on any atom is 0.240 e. The van der Waals surface area contributed by atoms with Crippen molar-refractivity contribution in [3.63, 3.8) is 0 Å². The minimum atomic E-state index is -0.502. The SMILES string of the molecule is CCCc1nnc2n1N[C@H](c1ccc(OC)cc1)[C@@H](C(=O)Nc1cc(Cl)cc(Cl)c1)S2. The monoisotopic (exact) mass is 477 g/mol. The molecule has 0 spiro atoms. The first-order chi connectivity index (χ1) is 15.0. The van der Waals surface area contributed by atoms with Crippen molar-refractivity contribution >= 4 is 46.6 Å². The zero-order valence-electron chi connectivity index (χ0n) is 16.9. The number of rotatable bonds is 6. The van der Waals surface area contributed by atoms with Gasteiger partial charge in [-0.2, -0.15) is 0 Å². The molecule has 1 amide bonds. The highest BCUT2D eigenvalue weighted by atomic mass is 35.5. The Morgan fingerprint density at radius 2 is 1.90 bits per heavy atom. The third kappa shape index (κ3) is 4.76. The van der Waals surface area contributed by atoms with Gasteiger partial charge >= 0.3 is 0 Å². The van der Waals surface area contributed by atoms with Crippen LogP contribution in [0.15, 0.2) is 47.6 Å². The number of carbonyl (C=O) groups excluding carboxylic acids is 1. The van der Waals surface area contributed by atoms with Gasteiger partial charge in [0.2, 0.25) is 11.1 Å². The summed E-state index contributed by atoms with van der Waals surface area (Å²) in [5.74, 6) is 1.39. The number of hydrogen-bond donors (Lipinski definition) is 2. The molecular weight excluding hydrogens is 457 g/mol. The zero-order valence-corrected chi connectivity index (χ0v) is 19.3. The largest absolute Gasteiger partial charge is 0.497 e. The molecule has 0 unspecified atom stereocenters. The molecule has 0 bridgehead atoms. The first-order valence-corrected chi connectivity index (χ1v) is 11.4. The van der Waals surface area contributed by atoms with Crippen LogP contribution in [0.4, 0.5) is 5.69 Å². The maximum absolute atomic E-state index is 13.3. The van der Waals surface area contributed by atoms with Crippen molar-refractivity contribution < 1.29 is 9.53 Å². The number of benzene rings is 2. The van der Waals surface area contributed by atoms with E-state index in [1.807, 2.05) is 28.9 Å². The van der Waals surface area contributed by atoms with E-state index in [4.69, 9.17) is 27.9 Å². The van der Waals surface area contributed by atoms with Gasteiger partial charge in [-0.1, -0.05) is 54.0 Å². The molecule has 0 saturated heterocycles. The first-order valence-electron chi connectivity index (χ1n) is 9.77. The summed E-state index contributed by atoms with van der Waals surface area (Å²) in [5, 5.41) is 12.5.